The average Bonchev–Trinajstić information content (AvgIpc) is 3.86. The smallest absolute Gasteiger partial charge is 0 e. The number of benzene rings is 6. The normalized spacial score (nSPS) is 13.4. The molecule has 0 aliphatic carbocycles. The van der Waals surface area contributed by atoms with Crippen molar-refractivity contribution in [2.24, 2.45) is 5.41 Å². The predicted molar refractivity (Wildman–Crippen MR) is 259 cm³/mol. The number of rotatable bonds is 6. The maximum Gasteiger partial charge on any atom is 0 e. The first-order valence-corrected chi connectivity index (χ1v) is 28.4. The van der Waals surface area contributed by atoms with E-state index in [4.69, 9.17) is 16.3 Å². The summed E-state index contributed by atoms with van der Waals surface area (Å²) in [4.78, 5) is 9.29. The number of nitrogens with zero attached hydrogens (tertiary/aromatic N) is 2. The number of aromatic nitrogens is 2. The van der Waals surface area contributed by atoms with E-state index in [-0.39, 0.29) is 31.2 Å². The van der Waals surface area contributed by atoms with Crippen molar-refractivity contribution in [1.29, 1.82) is 0 Å². The molecule has 0 bridgehead atoms. The molecule has 0 aliphatic rings. The van der Waals surface area contributed by atoms with E-state index >= 15 is 0 Å². The number of fused-ring (bicyclic) bond motifs is 6. The Morgan fingerprint density at radius 1 is 0.721 bits per heavy atom. The van der Waals surface area contributed by atoms with Gasteiger partial charge in [-0.1, -0.05) is 80.3 Å². The van der Waals surface area contributed by atoms with Gasteiger partial charge in [0.15, 0.2) is 0 Å². The van der Waals surface area contributed by atoms with Gasteiger partial charge in [0.05, 0.1) is 0 Å². The van der Waals surface area contributed by atoms with Crippen LogP contribution in [0.5, 0.6) is 0 Å². The quantitative estimate of drug-likeness (QED) is 0.123. The Labute approximate surface area is 386 Å². The molecule has 4 heterocycles. The third-order valence-electron chi connectivity index (χ3n) is 10.6. The number of pyridine rings is 2. The van der Waals surface area contributed by atoms with Gasteiger partial charge in [0.2, 0.25) is 0 Å². The molecule has 0 saturated heterocycles. The summed E-state index contributed by atoms with van der Waals surface area (Å²) in [5, 5.41) is 4.44. The van der Waals surface area contributed by atoms with E-state index in [9.17, 15) is 0 Å². The molecule has 0 N–H and O–H groups in total. The molecule has 0 spiro atoms. The third kappa shape index (κ3) is 8.94. The molecular formula is C55H48GeIrN2OS-2. The summed E-state index contributed by atoms with van der Waals surface area (Å²) in [6.45, 7) is 2.86. The summed E-state index contributed by atoms with van der Waals surface area (Å²) >= 11 is -0.242. The van der Waals surface area contributed by atoms with Crippen molar-refractivity contribution < 1.29 is 31.4 Å². The van der Waals surface area contributed by atoms with Crippen molar-refractivity contribution in [2.75, 3.05) is 0 Å². The van der Waals surface area contributed by atoms with Gasteiger partial charge in [-0.05, 0) is 57.2 Å². The van der Waals surface area contributed by atoms with Crippen LogP contribution >= 0.6 is 11.3 Å². The summed E-state index contributed by atoms with van der Waals surface area (Å²) in [5.41, 5.74) is 8.72. The predicted octanol–water partition coefficient (Wildman–Crippen LogP) is 15.1. The van der Waals surface area contributed by atoms with Gasteiger partial charge in [0.25, 0.3) is 0 Å². The molecule has 0 amide bonds. The Hall–Kier alpha value is -5.17. The first-order valence-electron chi connectivity index (χ1n) is 22.7. The first-order chi connectivity index (χ1) is 30.9. The fourth-order valence-corrected chi connectivity index (χ4v) is 11.0. The topological polar surface area (TPSA) is 38.9 Å². The Balaban J connectivity index is 0.000000180. The summed E-state index contributed by atoms with van der Waals surface area (Å²) in [6, 6.07) is 54.2. The minimum atomic E-state index is -2.47. The largest absolute Gasteiger partial charge is 0 e. The van der Waals surface area contributed by atoms with Crippen LogP contribution in [0, 0.1) is 24.4 Å². The van der Waals surface area contributed by atoms with Gasteiger partial charge >= 0.3 is 174 Å². The fourth-order valence-electron chi connectivity index (χ4n) is 7.60. The average molecular weight is 1050 g/mol. The molecule has 3 nitrogen and oxygen atoms in total. The van der Waals surface area contributed by atoms with Crippen molar-refractivity contribution in [2.45, 2.75) is 51.3 Å². The second kappa shape index (κ2) is 17.3. The van der Waals surface area contributed by atoms with Crippen LogP contribution in [0.3, 0.4) is 0 Å². The standard InChI is InChI=1S/C29H26NS.C26H22GeNO.Ir/c1-19-18-30-26(15-22(19)17-29(2,3)4)25-12-8-11-24-23-14-13-21(16-27(23)31-28(24)25)20-9-6-5-7-10-20;1-27(2,3)20-13-14-23(28-17-20)19-15-22(18-9-5-4-6-10-18)26-21-11-7-8-12-24(21)29-25(26)16-19;/h5-11,13-16,18H,17H2,1-4H3;4-15,17H,1-3H3;/q2*-1;/i1D3,17D2;;. The molecule has 6 aromatic carbocycles. The molecule has 61 heavy (non-hydrogen) atoms. The van der Waals surface area contributed by atoms with Crippen LogP contribution in [0.15, 0.2) is 156 Å². The van der Waals surface area contributed by atoms with Gasteiger partial charge in [-0.2, -0.15) is 11.3 Å². The monoisotopic (exact) mass is 1060 g/mol. The Morgan fingerprint density at radius 3 is 2.15 bits per heavy atom. The van der Waals surface area contributed by atoms with Gasteiger partial charge in [0, 0.05) is 37.9 Å². The van der Waals surface area contributed by atoms with E-state index in [2.05, 4.69) is 119 Å². The Kier molecular flexibility index (Phi) is 10.3. The van der Waals surface area contributed by atoms with Gasteiger partial charge in [-0.25, -0.2) is 0 Å². The van der Waals surface area contributed by atoms with Gasteiger partial charge in [0.1, 0.15) is 0 Å². The van der Waals surface area contributed by atoms with Crippen molar-refractivity contribution in [3.63, 3.8) is 0 Å². The Bertz CT molecular complexity index is 3350. The van der Waals surface area contributed by atoms with Gasteiger partial charge in [-0.3, -0.25) is 0 Å². The summed E-state index contributed by atoms with van der Waals surface area (Å²) in [5.74, 6) is 7.16. The molecule has 10 aromatic rings. The van der Waals surface area contributed by atoms with Crippen LogP contribution < -0.4 is 4.40 Å². The number of furan rings is 1. The maximum atomic E-state index is 8.84. The number of aryl methyl sites for hydroxylation is 1. The van der Waals surface area contributed by atoms with Crippen LogP contribution in [0.2, 0.25) is 17.3 Å². The van der Waals surface area contributed by atoms with E-state index in [1.54, 1.807) is 38.2 Å². The Morgan fingerprint density at radius 2 is 1.44 bits per heavy atom. The van der Waals surface area contributed by atoms with Crippen LogP contribution in [-0.4, -0.2) is 23.2 Å². The van der Waals surface area contributed by atoms with Crippen LogP contribution in [-0.2, 0) is 26.5 Å². The molecule has 0 aliphatic heterocycles. The van der Waals surface area contributed by atoms with E-state index in [0.717, 1.165) is 75.6 Å². The molecule has 10 rings (SSSR count). The third-order valence-corrected chi connectivity index (χ3v) is 16.0. The molecule has 6 heteroatoms. The summed E-state index contributed by atoms with van der Waals surface area (Å²) in [7, 11) is 0. The molecule has 0 fully saturated rings. The molecule has 0 unspecified atom stereocenters. The zero-order valence-electron chi connectivity index (χ0n) is 40.0. The van der Waals surface area contributed by atoms with Crippen molar-refractivity contribution in [3.05, 3.63) is 175 Å². The summed E-state index contributed by atoms with van der Waals surface area (Å²) < 4.78 is 51.4. The van der Waals surface area contributed by atoms with Crippen molar-refractivity contribution in [3.8, 4) is 44.8 Å². The molecule has 0 saturated carbocycles. The second-order valence-corrected chi connectivity index (χ2v) is 28.9. The molecule has 1 radical (unpaired) electrons. The minimum absolute atomic E-state index is 0. The molecule has 0 atom stereocenters. The number of thiophene rings is 1. The number of hydrogen-bond acceptors (Lipinski definition) is 4. The van der Waals surface area contributed by atoms with Gasteiger partial charge < -0.3 is 4.98 Å². The van der Waals surface area contributed by atoms with E-state index in [1.165, 1.54) is 16.2 Å². The minimum Gasteiger partial charge on any atom is 0 e. The van der Waals surface area contributed by atoms with Gasteiger partial charge in [-0.15, -0.1) is 23.8 Å². The van der Waals surface area contributed by atoms with Crippen LogP contribution in [0.1, 0.15) is 38.8 Å². The van der Waals surface area contributed by atoms with Crippen molar-refractivity contribution >= 4 is 71.1 Å². The molecular weight excluding hydrogens is 1000 g/mol. The fraction of sp³-hybridized carbons (Fsp3) is 0.164. The zero-order valence-corrected chi connectivity index (χ0v) is 40.3. The van der Waals surface area contributed by atoms with E-state index < -0.39 is 31.9 Å². The number of hydrogen-bond donors (Lipinski definition) is 0. The summed E-state index contributed by atoms with van der Waals surface area (Å²) in [6.07, 6.45) is 1.48. The number of para-hydroxylation sites is 1. The zero-order chi connectivity index (χ0) is 45.9. The molecule has 4 aromatic heterocycles. The maximum absolute atomic E-state index is 8.84. The molecule has 305 valence electrons. The SMILES string of the molecule is [2H]C([2H])([2H])c1cnc(-c2[c-]ccc3c2sc2cc(-c4ccccc4)ccc23)cc1C([2H])([2H])C(C)(C)C.[CH3][Ge]([CH3])([CH3])[c]1ccc(-c2[c-]c3oc4ccccc4c3c(-c3ccccc3)c2)nc1.[Ir]. The van der Waals surface area contributed by atoms with Crippen LogP contribution in [0.25, 0.3) is 86.9 Å². The van der Waals surface area contributed by atoms with Crippen molar-refractivity contribution in [1.82, 2.24) is 9.97 Å². The van der Waals surface area contributed by atoms with E-state index in [1.807, 2.05) is 54.7 Å². The van der Waals surface area contributed by atoms with Crippen LogP contribution in [0.4, 0.5) is 0 Å². The van der Waals surface area contributed by atoms with E-state index in [0.29, 0.717) is 5.69 Å². The first kappa shape index (κ1) is 36.5. The second-order valence-electron chi connectivity index (χ2n) is 17.2.